The van der Waals surface area contributed by atoms with Crippen LogP contribution in [0.15, 0.2) is 39.0 Å². The molecule has 0 bridgehead atoms. The summed E-state index contributed by atoms with van der Waals surface area (Å²) in [7, 11) is 0. The molecule has 31 heavy (non-hydrogen) atoms. The van der Waals surface area contributed by atoms with Crippen molar-refractivity contribution in [3.8, 4) is 11.6 Å². The lowest BCUT2D eigenvalue weighted by molar-refractivity contribution is -0.132. The van der Waals surface area contributed by atoms with Crippen LogP contribution >= 0.6 is 0 Å². The molecule has 9 nitrogen and oxygen atoms in total. The van der Waals surface area contributed by atoms with Crippen LogP contribution in [0, 0.1) is 0 Å². The maximum atomic E-state index is 12.6. The predicted octanol–water partition coefficient (Wildman–Crippen LogP) is 2.53. The normalized spacial score (nSPS) is 15.8. The lowest BCUT2D eigenvalue weighted by atomic mass is 9.99. The molecule has 9 heteroatoms. The summed E-state index contributed by atoms with van der Waals surface area (Å²) < 4.78 is 6.62. The van der Waals surface area contributed by atoms with E-state index in [1.54, 1.807) is 6.92 Å². The highest BCUT2D eigenvalue weighted by Gasteiger charge is 2.35. The van der Waals surface area contributed by atoms with Gasteiger partial charge in [0.25, 0.3) is 5.56 Å². The van der Waals surface area contributed by atoms with Gasteiger partial charge in [-0.15, -0.1) is 0 Å². The van der Waals surface area contributed by atoms with E-state index < -0.39 is 23.2 Å². The highest BCUT2D eigenvalue weighted by molar-refractivity contribution is 6.04. The maximum absolute atomic E-state index is 12.6. The molecule has 0 fully saturated rings. The topological polar surface area (TPSA) is 117 Å². The molecule has 1 aromatic heterocycles. The summed E-state index contributed by atoms with van der Waals surface area (Å²) in [6, 6.07) is 6.93. The molecule has 166 valence electrons. The van der Waals surface area contributed by atoms with Gasteiger partial charge < -0.3 is 9.84 Å². The highest BCUT2D eigenvalue weighted by atomic mass is 16.5. The van der Waals surface area contributed by atoms with Gasteiger partial charge in [-0.3, -0.25) is 19.1 Å². The fourth-order valence-corrected chi connectivity index (χ4v) is 3.61. The molecular weight excluding hydrogens is 400 g/mol. The fourth-order valence-electron chi connectivity index (χ4n) is 3.61. The Hall–Kier alpha value is -3.36. The molecule has 0 radical (unpaired) electrons. The van der Waals surface area contributed by atoms with Crippen molar-refractivity contribution in [3.63, 3.8) is 0 Å². The number of aromatic amines is 1. The van der Waals surface area contributed by atoms with Crippen LogP contribution in [-0.4, -0.2) is 37.9 Å². The molecule has 0 saturated carbocycles. The van der Waals surface area contributed by atoms with Crippen LogP contribution in [0.2, 0.25) is 0 Å². The Bertz CT molecular complexity index is 1080. The Morgan fingerprint density at radius 3 is 2.55 bits per heavy atom. The van der Waals surface area contributed by atoms with Crippen LogP contribution in [0.1, 0.15) is 63.6 Å². The van der Waals surface area contributed by atoms with Gasteiger partial charge in [-0.05, 0) is 31.0 Å². The number of benzene rings is 1. The van der Waals surface area contributed by atoms with Gasteiger partial charge in [-0.2, -0.15) is 5.10 Å². The summed E-state index contributed by atoms with van der Waals surface area (Å²) in [6.07, 6.45) is 1.96. The average molecular weight is 428 g/mol. The van der Waals surface area contributed by atoms with Crippen molar-refractivity contribution < 1.29 is 14.6 Å². The summed E-state index contributed by atoms with van der Waals surface area (Å²) in [5.41, 5.74) is -0.352. The molecule has 0 aliphatic carbocycles. The highest BCUT2D eigenvalue weighted by Crippen LogP contribution is 2.34. The van der Waals surface area contributed by atoms with E-state index in [0.717, 1.165) is 22.3 Å². The Balaban J connectivity index is 2.02. The molecule has 1 aromatic carbocycles. The number of ether oxygens (including phenoxy) is 1. The minimum Gasteiger partial charge on any atom is -0.494 e. The average Bonchev–Trinajstić information content (AvgIpc) is 3.18. The first-order valence-corrected chi connectivity index (χ1v) is 10.6. The molecule has 0 unspecified atom stereocenters. The van der Waals surface area contributed by atoms with E-state index in [-0.39, 0.29) is 36.6 Å². The van der Waals surface area contributed by atoms with Crippen molar-refractivity contribution in [2.45, 2.75) is 59.0 Å². The summed E-state index contributed by atoms with van der Waals surface area (Å²) in [6.45, 7) is 6.42. The lowest BCUT2D eigenvalue weighted by Crippen LogP contribution is -2.33. The Labute approximate surface area is 180 Å². The van der Waals surface area contributed by atoms with Crippen LogP contribution in [0.3, 0.4) is 0 Å². The third kappa shape index (κ3) is 4.55. The number of hydrogen-bond acceptors (Lipinski definition) is 6. The van der Waals surface area contributed by atoms with Crippen molar-refractivity contribution in [2.24, 2.45) is 5.10 Å². The Morgan fingerprint density at radius 1 is 1.23 bits per heavy atom. The zero-order valence-corrected chi connectivity index (χ0v) is 18.1. The summed E-state index contributed by atoms with van der Waals surface area (Å²) >= 11 is 0. The molecule has 1 atom stereocenters. The number of H-pyrrole nitrogens is 1. The van der Waals surface area contributed by atoms with Crippen LogP contribution in [0.5, 0.6) is 11.6 Å². The number of hydrazone groups is 1. The van der Waals surface area contributed by atoms with Crippen LogP contribution < -0.4 is 16.0 Å². The number of nitrogens with one attached hydrogen (secondary N) is 1. The predicted molar refractivity (Wildman–Crippen MR) is 117 cm³/mol. The van der Waals surface area contributed by atoms with Gasteiger partial charge in [0, 0.05) is 19.4 Å². The van der Waals surface area contributed by atoms with Crippen molar-refractivity contribution in [1.82, 2.24) is 14.6 Å². The quantitative estimate of drug-likeness (QED) is 0.670. The minimum absolute atomic E-state index is 0.0713. The van der Waals surface area contributed by atoms with Crippen LogP contribution in [-0.2, 0) is 11.3 Å². The van der Waals surface area contributed by atoms with E-state index in [1.807, 2.05) is 38.1 Å². The molecular formula is C22H28N4O5. The first kappa shape index (κ1) is 22.3. The molecule has 1 aliphatic heterocycles. The molecule has 1 aliphatic rings. The molecule has 2 N–H and O–H groups in total. The van der Waals surface area contributed by atoms with Gasteiger partial charge >= 0.3 is 5.69 Å². The smallest absolute Gasteiger partial charge is 0.331 e. The maximum Gasteiger partial charge on any atom is 0.331 e. The Kier molecular flexibility index (Phi) is 6.94. The second-order valence-electron chi connectivity index (χ2n) is 7.32. The second-order valence-corrected chi connectivity index (χ2v) is 7.32. The first-order valence-electron chi connectivity index (χ1n) is 10.6. The zero-order chi connectivity index (χ0) is 22.5. The van der Waals surface area contributed by atoms with E-state index in [4.69, 9.17) is 4.74 Å². The number of rotatable bonds is 8. The minimum atomic E-state index is -0.717. The summed E-state index contributed by atoms with van der Waals surface area (Å²) in [5, 5.41) is 16.5. The molecule has 2 aromatic rings. The Morgan fingerprint density at radius 2 is 1.94 bits per heavy atom. The first-order chi connectivity index (χ1) is 14.9. The largest absolute Gasteiger partial charge is 0.494 e. The number of nitrogens with zero attached hydrogens (tertiary/aromatic N) is 3. The summed E-state index contributed by atoms with van der Waals surface area (Å²) in [4.78, 5) is 39.5. The van der Waals surface area contributed by atoms with Gasteiger partial charge in [0.1, 0.15) is 11.3 Å². The van der Waals surface area contributed by atoms with Gasteiger partial charge in [0.05, 0.1) is 18.4 Å². The van der Waals surface area contributed by atoms with Gasteiger partial charge in [-0.25, -0.2) is 9.80 Å². The van der Waals surface area contributed by atoms with E-state index in [0.29, 0.717) is 13.0 Å². The second kappa shape index (κ2) is 9.63. The third-order valence-corrected chi connectivity index (χ3v) is 5.24. The van der Waals surface area contributed by atoms with Crippen molar-refractivity contribution in [3.05, 3.63) is 56.2 Å². The third-order valence-electron chi connectivity index (χ3n) is 5.24. The van der Waals surface area contributed by atoms with Gasteiger partial charge in [0.15, 0.2) is 0 Å². The van der Waals surface area contributed by atoms with Crippen molar-refractivity contribution in [1.29, 1.82) is 0 Å². The summed E-state index contributed by atoms with van der Waals surface area (Å²) in [5.74, 6) is 0.0946. The van der Waals surface area contributed by atoms with Gasteiger partial charge in [-0.1, -0.05) is 32.4 Å². The SMILES string of the molecule is CCCCn1c(O)c(C2=NN(C(=O)CC)[C@H](c3ccc(OCC)cc3)C2)c(=O)[nH]c1=O. The van der Waals surface area contributed by atoms with E-state index in [1.165, 1.54) is 5.01 Å². The van der Waals surface area contributed by atoms with Gasteiger partial charge in [0.2, 0.25) is 11.8 Å². The zero-order valence-electron chi connectivity index (χ0n) is 18.1. The van der Waals surface area contributed by atoms with E-state index >= 15 is 0 Å². The number of aromatic hydroxyl groups is 1. The number of hydrogen-bond donors (Lipinski definition) is 2. The number of amides is 1. The van der Waals surface area contributed by atoms with E-state index in [2.05, 4.69) is 10.1 Å². The molecule has 1 amide bonds. The molecule has 0 saturated heterocycles. The van der Waals surface area contributed by atoms with Crippen LogP contribution in [0.25, 0.3) is 0 Å². The van der Waals surface area contributed by atoms with Crippen molar-refractivity contribution >= 4 is 11.6 Å². The molecule has 3 rings (SSSR count). The number of carbonyl (C=O) groups is 1. The number of aromatic nitrogens is 2. The molecule has 0 spiro atoms. The molecule has 2 heterocycles. The fraction of sp³-hybridized carbons (Fsp3) is 0.455. The standard InChI is InChI=1S/C22H28N4O5/c1-4-7-12-25-21(29)19(20(28)23-22(25)30)16-13-17(26(24-16)18(27)5-2)14-8-10-15(11-9-14)31-6-3/h8-11,17,29H,4-7,12-13H2,1-3H3,(H,23,28,30)/t17-/m0/s1. The number of carbonyl (C=O) groups excluding carboxylic acids is 1. The monoisotopic (exact) mass is 428 g/mol. The lowest BCUT2D eigenvalue weighted by Gasteiger charge is -2.21. The van der Waals surface area contributed by atoms with Crippen molar-refractivity contribution in [2.75, 3.05) is 6.61 Å². The number of unbranched alkanes of at least 4 members (excludes halogenated alkanes) is 1. The van der Waals surface area contributed by atoms with Crippen LogP contribution in [0.4, 0.5) is 0 Å². The van der Waals surface area contributed by atoms with E-state index in [9.17, 15) is 19.5 Å².